The molecule has 0 amide bonds. The maximum Gasteiger partial charge on any atom is 0.332 e. The molecule has 7 nitrogen and oxygen atoms in total. The predicted molar refractivity (Wildman–Crippen MR) is 109 cm³/mol. The molecule has 1 aromatic heterocycles. The molecule has 0 aliphatic carbocycles. The van der Waals surface area contributed by atoms with E-state index in [1.165, 1.54) is 31.4 Å². The first-order chi connectivity index (χ1) is 13.8. The molecule has 0 unspecified atom stereocenters. The Morgan fingerprint density at radius 3 is 2.55 bits per heavy atom. The Morgan fingerprint density at radius 1 is 1.14 bits per heavy atom. The van der Waals surface area contributed by atoms with Crippen molar-refractivity contribution < 1.29 is 18.7 Å². The van der Waals surface area contributed by atoms with Crippen molar-refractivity contribution in [3.8, 4) is 5.75 Å². The molecule has 1 heterocycles. The van der Waals surface area contributed by atoms with Gasteiger partial charge >= 0.3 is 11.7 Å². The van der Waals surface area contributed by atoms with E-state index < -0.39 is 23.0 Å². The molecule has 0 fully saturated rings. The predicted octanol–water partition coefficient (Wildman–Crippen LogP) is 2.68. The van der Waals surface area contributed by atoms with Gasteiger partial charge in [-0.25, -0.2) is 9.18 Å². The molecule has 29 heavy (non-hydrogen) atoms. The van der Waals surface area contributed by atoms with Gasteiger partial charge in [-0.1, -0.05) is 22.0 Å². The van der Waals surface area contributed by atoms with Gasteiger partial charge in [-0.3, -0.25) is 18.7 Å². The first-order valence-electron chi connectivity index (χ1n) is 8.76. The third-order valence-corrected chi connectivity index (χ3v) is 4.86. The lowest BCUT2D eigenvalue weighted by molar-refractivity contribution is -0.143. The maximum absolute atomic E-state index is 14.3. The summed E-state index contributed by atoms with van der Waals surface area (Å²) < 4.78 is 27.0. The molecule has 2 aromatic carbocycles. The highest BCUT2D eigenvalue weighted by atomic mass is 79.9. The Balaban J connectivity index is 2.24. The second-order valence-corrected chi connectivity index (χ2v) is 7.10. The Labute approximate surface area is 173 Å². The second kappa shape index (κ2) is 8.60. The van der Waals surface area contributed by atoms with Gasteiger partial charge in [-0.05, 0) is 37.3 Å². The number of methoxy groups -OCH3 is 1. The summed E-state index contributed by atoms with van der Waals surface area (Å²) in [5, 5.41) is 0.172. The van der Waals surface area contributed by atoms with E-state index in [4.69, 9.17) is 9.47 Å². The summed E-state index contributed by atoms with van der Waals surface area (Å²) in [4.78, 5) is 38.1. The van der Waals surface area contributed by atoms with Gasteiger partial charge in [0.25, 0.3) is 5.56 Å². The molecule has 0 radical (unpaired) electrons. The van der Waals surface area contributed by atoms with Crippen molar-refractivity contribution in [1.82, 2.24) is 9.13 Å². The number of fused-ring (bicyclic) bond motifs is 1. The zero-order chi connectivity index (χ0) is 21.1. The summed E-state index contributed by atoms with van der Waals surface area (Å²) in [5.41, 5.74) is -0.909. The molecule has 0 N–H and O–H groups in total. The first-order valence-corrected chi connectivity index (χ1v) is 9.56. The van der Waals surface area contributed by atoms with Crippen LogP contribution in [-0.4, -0.2) is 28.8 Å². The van der Waals surface area contributed by atoms with Crippen molar-refractivity contribution in [1.29, 1.82) is 0 Å². The summed E-state index contributed by atoms with van der Waals surface area (Å²) >= 11 is 3.17. The van der Waals surface area contributed by atoms with E-state index in [0.717, 1.165) is 9.13 Å². The van der Waals surface area contributed by atoms with Gasteiger partial charge in [0, 0.05) is 10.0 Å². The van der Waals surface area contributed by atoms with E-state index in [1.807, 2.05) is 0 Å². The summed E-state index contributed by atoms with van der Waals surface area (Å²) in [6.45, 7) is 1.15. The normalized spacial score (nSPS) is 10.9. The number of hydrogen-bond acceptors (Lipinski definition) is 5. The van der Waals surface area contributed by atoms with Gasteiger partial charge in [0.1, 0.15) is 18.1 Å². The Morgan fingerprint density at radius 2 is 1.90 bits per heavy atom. The van der Waals surface area contributed by atoms with Gasteiger partial charge in [0.05, 0.1) is 31.2 Å². The molecule has 9 heteroatoms. The van der Waals surface area contributed by atoms with E-state index in [2.05, 4.69) is 15.9 Å². The van der Waals surface area contributed by atoms with Gasteiger partial charge in [0.15, 0.2) is 0 Å². The zero-order valence-electron chi connectivity index (χ0n) is 15.8. The van der Waals surface area contributed by atoms with Crippen LogP contribution in [0.3, 0.4) is 0 Å². The number of carbonyl (C=O) groups excluding carboxylic acids is 1. The second-order valence-electron chi connectivity index (χ2n) is 6.18. The van der Waals surface area contributed by atoms with Crippen LogP contribution in [0.2, 0.25) is 0 Å². The average molecular weight is 465 g/mol. The fourth-order valence-corrected chi connectivity index (χ4v) is 3.31. The molecule has 152 valence electrons. The van der Waals surface area contributed by atoms with E-state index in [1.54, 1.807) is 19.1 Å². The summed E-state index contributed by atoms with van der Waals surface area (Å²) in [6.07, 6.45) is 0. The van der Waals surface area contributed by atoms with Crippen LogP contribution in [0.4, 0.5) is 4.39 Å². The molecule has 3 aromatic rings. The lowest BCUT2D eigenvalue weighted by atomic mass is 10.2. The first kappa shape index (κ1) is 20.8. The summed E-state index contributed by atoms with van der Waals surface area (Å²) in [6, 6.07) is 8.94. The Bertz CT molecular complexity index is 1200. The fourth-order valence-electron chi connectivity index (χ4n) is 2.98. The van der Waals surface area contributed by atoms with Crippen molar-refractivity contribution in [3.63, 3.8) is 0 Å². The lowest BCUT2D eigenvalue weighted by Gasteiger charge is -2.14. The van der Waals surface area contributed by atoms with Crippen LogP contribution in [0.5, 0.6) is 5.75 Å². The number of ether oxygens (including phenoxy) is 2. The van der Waals surface area contributed by atoms with E-state index in [0.29, 0.717) is 10.2 Å². The van der Waals surface area contributed by atoms with E-state index in [9.17, 15) is 18.8 Å². The molecule has 0 spiro atoms. The van der Waals surface area contributed by atoms with Crippen molar-refractivity contribution >= 4 is 32.8 Å². The van der Waals surface area contributed by atoms with Crippen LogP contribution in [0.25, 0.3) is 10.9 Å². The highest BCUT2D eigenvalue weighted by Crippen LogP contribution is 2.18. The largest absolute Gasteiger partial charge is 0.497 e. The van der Waals surface area contributed by atoms with E-state index >= 15 is 0 Å². The van der Waals surface area contributed by atoms with Crippen molar-refractivity contribution in [3.05, 3.63) is 73.1 Å². The molecular weight excluding hydrogens is 447 g/mol. The molecule has 0 aliphatic rings. The molecule has 0 aliphatic heterocycles. The van der Waals surface area contributed by atoms with E-state index in [-0.39, 0.29) is 36.2 Å². The molecule has 3 rings (SSSR count). The van der Waals surface area contributed by atoms with Crippen LogP contribution < -0.4 is 16.0 Å². The SMILES string of the molecule is CCOC(=O)Cn1c(=O)n(Cc2ccc(Br)cc2F)c(=O)c2cc(OC)ccc21. The number of benzene rings is 2. The van der Waals surface area contributed by atoms with Crippen molar-refractivity contribution in [2.75, 3.05) is 13.7 Å². The molecule has 0 atom stereocenters. The smallest absolute Gasteiger partial charge is 0.332 e. The van der Waals surface area contributed by atoms with Gasteiger partial charge in [0.2, 0.25) is 0 Å². The summed E-state index contributed by atoms with van der Waals surface area (Å²) in [7, 11) is 1.45. The highest BCUT2D eigenvalue weighted by Gasteiger charge is 2.18. The zero-order valence-corrected chi connectivity index (χ0v) is 17.4. The number of carbonyl (C=O) groups is 1. The van der Waals surface area contributed by atoms with Crippen LogP contribution in [0.15, 0.2) is 50.5 Å². The van der Waals surface area contributed by atoms with Crippen LogP contribution in [0, 0.1) is 5.82 Å². The Kier molecular flexibility index (Phi) is 6.17. The molecule has 0 saturated heterocycles. The van der Waals surface area contributed by atoms with Crippen molar-refractivity contribution in [2.45, 2.75) is 20.0 Å². The maximum atomic E-state index is 14.3. The topological polar surface area (TPSA) is 79.5 Å². The molecule has 0 saturated carbocycles. The standard InChI is InChI=1S/C20H18BrFN2O5/c1-3-29-18(25)11-23-17-7-6-14(28-2)9-15(17)19(26)24(20(23)27)10-12-4-5-13(21)8-16(12)22/h4-9H,3,10-11H2,1-2H3. The number of nitrogens with zero attached hydrogens (tertiary/aromatic N) is 2. The number of rotatable bonds is 6. The van der Waals surface area contributed by atoms with Gasteiger partial charge < -0.3 is 9.47 Å². The van der Waals surface area contributed by atoms with Gasteiger partial charge in [-0.15, -0.1) is 0 Å². The minimum Gasteiger partial charge on any atom is -0.497 e. The monoisotopic (exact) mass is 464 g/mol. The number of hydrogen-bond donors (Lipinski definition) is 0. The number of esters is 1. The van der Waals surface area contributed by atoms with Gasteiger partial charge in [-0.2, -0.15) is 0 Å². The minimum atomic E-state index is -0.733. The van der Waals surface area contributed by atoms with Crippen LogP contribution >= 0.6 is 15.9 Å². The number of halogens is 2. The minimum absolute atomic E-state index is 0.156. The third kappa shape index (κ3) is 4.24. The average Bonchev–Trinajstić information content (AvgIpc) is 2.69. The number of aromatic nitrogens is 2. The Hall–Kier alpha value is -2.94. The molecule has 0 bridgehead atoms. The summed E-state index contributed by atoms with van der Waals surface area (Å²) in [5.74, 6) is -0.766. The van der Waals surface area contributed by atoms with Crippen LogP contribution in [-0.2, 0) is 22.6 Å². The third-order valence-electron chi connectivity index (χ3n) is 4.37. The van der Waals surface area contributed by atoms with Crippen molar-refractivity contribution in [2.24, 2.45) is 0 Å². The quantitative estimate of drug-likeness (QED) is 0.524. The fraction of sp³-hybridized carbons (Fsp3) is 0.250. The lowest BCUT2D eigenvalue weighted by Crippen LogP contribution is -2.41. The highest BCUT2D eigenvalue weighted by molar-refractivity contribution is 9.10. The van der Waals surface area contributed by atoms with Crippen LogP contribution in [0.1, 0.15) is 12.5 Å². The molecular formula is C20H18BrFN2O5.